The second-order valence-electron chi connectivity index (χ2n) is 5.63. The smallest absolute Gasteiger partial charge is 0.412 e. The molecule has 2 aromatic rings. The summed E-state index contributed by atoms with van der Waals surface area (Å²) in [6.07, 6.45) is 2.52. The molecule has 8 nitrogen and oxygen atoms in total. The highest BCUT2D eigenvalue weighted by atomic mass is 79.9. The Morgan fingerprint density at radius 3 is 2.61 bits per heavy atom. The molecule has 2 aromatic heterocycles. The standard InChI is InChI=1S/C13H16BrN5O3S/c1-13(2,3)22-12(21)18-10-8(17-11(14)23-10)9(20)16-7-5-15-19(4)6-7/h5-6H,1-4H3,(H,16,20)(H,18,21). The van der Waals surface area contributed by atoms with E-state index in [0.29, 0.717) is 14.6 Å². The van der Waals surface area contributed by atoms with Crippen LogP contribution >= 0.6 is 27.3 Å². The Morgan fingerprint density at radius 2 is 2.04 bits per heavy atom. The minimum atomic E-state index is -0.649. The fourth-order valence-corrected chi connectivity index (χ4v) is 2.94. The number of hydrogen-bond acceptors (Lipinski definition) is 6. The Balaban J connectivity index is 2.13. The van der Waals surface area contributed by atoms with Gasteiger partial charge in [0, 0.05) is 13.2 Å². The molecule has 0 radical (unpaired) electrons. The topological polar surface area (TPSA) is 98.1 Å². The first-order chi connectivity index (χ1) is 10.6. The molecule has 124 valence electrons. The van der Waals surface area contributed by atoms with Crippen molar-refractivity contribution >= 4 is 50.0 Å². The summed E-state index contributed by atoms with van der Waals surface area (Å²) >= 11 is 4.34. The highest BCUT2D eigenvalue weighted by Crippen LogP contribution is 2.29. The van der Waals surface area contributed by atoms with Gasteiger partial charge in [-0.05, 0) is 36.7 Å². The van der Waals surface area contributed by atoms with Crippen molar-refractivity contribution < 1.29 is 14.3 Å². The van der Waals surface area contributed by atoms with E-state index in [1.807, 2.05) is 0 Å². The molecule has 0 bridgehead atoms. The summed E-state index contributed by atoms with van der Waals surface area (Å²) in [5.74, 6) is -0.453. The molecule has 2 heterocycles. The van der Waals surface area contributed by atoms with Gasteiger partial charge in [0.2, 0.25) is 0 Å². The van der Waals surface area contributed by atoms with Gasteiger partial charge < -0.3 is 10.1 Å². The van der Waals surface area contributed by atoms with Gasteiger partial charge in [-0.3, -0.25) is 14.8 Å². The van der Waals surface area contributed by atoms with E-state index in [0.717, 1.165) is 11.3 Å². The van der Waals surface area contributed by atoms with Crippen LogP contribution in [0.5, 0.6) is 0 Å². The SMILES string of the molecule is Cn1cc(NC(=O)c2nc(Br)sc2NC(=O)OC(C)(C)C)cn1. The highest BCUT2D eigenvalue weighted by Gasteiger charge is 2.22. The molecule has 0 aromatic carbocycles. The summed E-state index contributed by atoms with van der Waals surface area (Å²) in [5, 5.41) is 9.47. The number of nitrogens with one attached hydrogen (secondary N) is 2. The summed E-state index contributed by atoms with van der Waals surface area (Å²) < 4.78 is 7.21. The van der Waals surface area contributed by atoms with Crippen molar-refractivity contribution in [1.29, 1.82) is 0 Å². The Morgan fingerprint density at radius 1 is 1.35 bits per heavy atom. The van der Waals surface area contributed by atoms with E-state index in [-0.39, 0.29) is 5.69 Å². The van der Waals surface area contributed by atoms with Crippen molar-refractivity contribution in [3.63, 3.8) is 0 Å². The van der Waals surface area contributed by atoms with Gasteiger partial charge in [0.05, 0.1) is 11.9 Å². The van der Waals surface area contributed by atoms with Gasteiger partial charge in [0.25, 0.3) is 5.91 Å². The zero-order valence-electron chi connectivity index (χ0n) is 13.0. The van der Waals surface area contributed by atoms with E-state index < -0.39 is 17.6 Å². The van der Waals surface area contributed by atoms with Gasteiger partial charge in [-0.2, -0.15) is 5.10 Å². The predicted octanol–water partition coefficient (Wildman–Crippen LogP) is 3.24. The summed E-state index contributed by atoms with van der Waals surface area (Å²) in [5.41, 5.74) is -0.00847. The summed E-state index contributed by atoms with van der Waals surface area (Å²) in [7, 11) is 1.74. The van der Waals surface area contributed by atoms with Crippen LogP contribution in [0.25, 0.3) is 0 Å². The number of aromatic nitrogens is 3. The van der Waals surface area contributed by atoms with Crippen LogP contribution in [0.1, 0.15) is 31.3 Å². The van der Waals surface area contributed by atoms with Crippen LogP contribution in [0, 0.1) is 0 Å². The quantitative estimate of drug-likeness (QED) is 0.822. The van der Waals surface area contributed by atoms with E-state index in [4.69, 9.17) is 4.74 Å². The molecule has 2 amide bonds. The van der Waals surface area contributed by atoms with Gasteiger partial charge in [-0.25, -0.2) is 9.78 Å². The molecule has 0 aliphatic rings. The maximum atomic E-state index is 12.3. The van der Waals surface area contributed by atoms with Crippen molar-refractivity contribution in [2.24, 2.45) is 7.05 Å². The number of rotatable bonds is 3. The van der Waals surface area contributed by atoms with Crippen LogP contribution in [0.3, 0.4) is 0 Å². The number of amides is 2. The number of nitrogens with zero attached hydrogens (tertiary/aromatic N) is 3. The molecule has 2 N–H and O–H groups in total. The predicted molar refractivity (Wildman–Crippen MR) is 90.8 cm³/mol. The minimum absolute atomic E-state index is 0.0941. The minimum Gasteiger partial charge on any atom is -0.444 e. The average Bonchev–Trinajstić information content (AvgIpc) is 2.93. The lowest BCUT2D eigenvalue weighted by molar-refractivity contribution is 0.0636. The molecule has 0 fully saturated rings. The average molecular weight is 402 g/mol. The first kappa shape index (κ1) is 17.4. The largest absolute Gasteiger partial charge is 0.444 e. The lowest BCUT2D eigenvalue weighted by Gasteiger charge is -2.19. The van der Waals surface area contributed by atoms with E-state index in [1.165, 1.54) is 6.20 Å². The number of carbonyl (C=O) groups excluding carboxylic acids is 2. The van der Waals surface area contributed by atoms with Crippen molar-refractivity contribution in [2.45, 2.75) is 26.4 Å². The summed E-state index contributed by atoms with van der Waals surface area (Å²) in [6, 6.07) is 0. The Labute approximate surface area is 145 Å². The van der Waals surface area contributed by atoms with Crippen LogP contribution in [0.2, 0.25) is 0 Å². The van der Waals surface area contributed by atoms with E-state index in [9.17, 15) is 9.59 Å². The molecule has 0 saturated carbocycles. The number of halogens is 1. The van der Waals surface area contributed by atoms with E-state index >= 15 is 0 Å². The van der Waals surface area contributed by atoms with Crippen molar-refractivity contribution in [2.75, 3.05) is 10.6 Å². The number of carbonyl (C=O) groups is 2. The zero-order chi connectivity index (χ0) is 17.2. The highest BCUT2D eigenvalue weighted by molar-refractivity contribution is 9.11. The lowest BCUT2D eigenvalue weighted by atomic mass is 10.2. The molecular weight excluding hydrogens is 386 g/mol. The molecule has 0 atom stereocenters. The van der Waals surface area contributed by atoms with Crippen LogP contribution in [0.15, 0.2) is 16.3 Å². The van der Waals surface area contributed by atoms with Gasteiger partial charge in [-0.1, -0.05) is 11.3 Å². The number of ether oxygens (including phenoxy) is 1. The van der Waals surface area contributed by atoms with Crippen molar-refractivity contribution in [1.82, 2.24) is 14.8 Å². The number of hydrogen-bond donors (Lipinski definition) is 2. The van der Waals surface area contributed by atoms with E-state index in [2.05, 4.69) is 36.6 Å². The fourth-order valence-electron chi connectivity index (χ4n) is 1.61. The Bertz CT molecular complexity index is 734. The maximum Gasteiger partial charge on any atom is 0.412 e. The van der Waals surface area contributed by atoms with Crippen molar-refractivity contribution in [3.8, 4) is 0 Å². The van der Waals surface area contributed by atoms with Gasteiger partial charge in [0.1, 0.15) is 10.6 Å². The van der Waals surface area contributed by atoms with Gasteiger partial charge in [-0.15, -0.1) is 0 Å². The van der Waals surface area contributed by atoms with Crippen LogP contribution in [-0.4, -0.2) is 32.4 Å². The maximum absolute atomic E-state index is 12.3. The second kappa shape index (κ2) is 6.67. The molecule has 0 unspecified atom stereocenters. The lowest BCUT2D eigenvalue weighted by Crippen LogP contribution is -2.27. The normalized spacial score (nSPS) is 11.2. The summed E-state index contributed by atoms with van der Waals surface area (Å²) in [4.78, 5) is 28.3. The third kappa shape index (κ3) is 5.03. The second-order valence-corrected chi connectivity index (χ2v) is 7.90. The summed E-state index contributed by atoms with van der Waals surface area (Å²) in [6.45, 7) is 5.27. The monoisotopic (exact) mass is 401 g/mol. The van der Waals surface area contributed by atoms with Gasteiger partial charge >= 0.3 is 6.09 Å². The first-order valence-corrected chi connectivity index (χ1v) is 8.21. The third-order valence-corrected chi connectivity index (χ3v) is 3.82. The van der Waals surface area contributed by atoms with Crippen LogP contribution in [-0.2, 0) is 11.8 Å². The molecule has 10 heteroatoms. The fraction of sp³-hybridized carbons (Fsp3) is 0.385. The first-order valence-electron chi connectivity index (χ1n) is 6.60. The Hall–Kier alpha value is -1.94. The molecule has 0 aliphatic carbocycles. The Kier molecular flexibility index (Phi) is 5.05. The molecule has 0 spiro atoms. The zero-order valence-corrected chi connectivity index (χ0v) is 15.4. The molecule has 23 heavy (non-hydrogen) atoms. The number of aryl methyl sites for hydroxylation is 1. The molecule has 2 rings (SSSR count). The number of thiazole rings is 1. The molecule has 0 aliphatic heterocycles. The van der Waals surface area contributed by atoms with E-state index in [1.54, 1.807) is 38.7 Å². The van der Waals surface area contributed by atoms with Crippen molar-refractivity contribution in [3.05, 3.63) is 22.0 Å². The third-order valence-electron chi connectivity index (χ3n) is 2.39. The molecule has 0 saturated heterocycles. The van der Waals surface area contributed by atoms with Gasteiger partial charge in [0.15, 0.2) is 9.61 Å². The number of anilines is 2. The van der Waals surface area contributed by atoms with Crippen LogP contribution in [0.4, 0.5) is 15.5 Å². The molecular formula is C13H16BrN5O3S. The van der Waals surface area contributed by atoms with Crippen LogP contribution < -0.4 is 10.6 Å².